The average Bonchev–Trinajstić information content (AvgIpc) is 3.46. The number of phenolic OH excluding ortho intramolecular Hbond substituents is 1. The molecule has 1 saturated carbocycles. The fraction of sp³-hybridized carbons (Fsp3) is 0.394. The Morgan fingerprint density at radius 1 is 0.962 bits per heavy atom. The number of aromatic hydroxyl groups is 1. The second kappa shape index (κ2) is 12.8. The lowest BCUT2D eigenvalue weighted by molar-refractivity contribution is -0.138. The van der Waals surface area contributed by atoms with Crippen LogP contribution in [-0.2, 0) is 36.1 Å². The number of ether oxygens (including phenoxy) is 3. The van der Waals surface area contributed by atoms with Crippen molar-refractivity contribution in [1.29, 1.82) is 0 Å². The van der Waals surface area contributed by atoms with Gasteiger partial charge in [-0.2, -0.15) is 0 Å². The van der Waals surface area contributed by atoms with Gasteiger partial charge in [0, 0.05) is 44.5 Å². The molecule has 0 unspecified atom stereocenters. The zero-order valence-corrected chi connectivity index (χ0v) is 32.7. The number of fused-ring (bicyclic) bond motifs is 5. The summed E-state index contributed by atoms with van der Waals surface area (Å²) >= 11 is 21.1. The maximum atomic E-state index is 14.3. The Kier molecular flexibility index (Phi) is 8.94. The lowest BCUT2D eigenvalue weighted by atomic mass is 9.64. The number of aryl methyl sites for hydroxylation is 2. The van der Waals surface area contributed by atoms with E-state index in [-0.39, 0.29) is 53.1 Å². The van der Waals surface area contributed by atoms with Gasteiger partial charge in [0.05, 0.1) is 54.9 Å². The summed E-state index contributed by atoms with van der Waals surface area (Å²) in [6, 6.07) is 5.31. The van der Waals surface area contributed by atoms with Gasteiger partial charge in [-0.25, -0.2) is 28.5 Å². The van der Waals surface area contributed by atoms with Crippen molar-refractivity contribution in [3.63, 3.8) is 0 Å². The Balaban J connectivity index is 1.33. The number of amides is 2. The van der Waals surface area contributed by atoms with Crippen molar-refractivity contribution in [3.05, 3.63) is 83.0 Å². The van der Waals surface area contributed by atoms with E-state index in [0.717, 1.165) is 9.47 Å². The Hall–Kier alpha value is -4.06. The fourth-order valence-electron chi connectivity index (χ4n) is 7.63. The van der Waals surface area contributed by atoms with Crippen molar-refractivity contribution in [3.8, 4) is 23.0 Å². The molecule has 4 aromatic rings. The van der Waals surface area contributed by atoms with E-state index in [9.17, 15) is 29.1 Å². The molecule has 2 aromatic heterocycles. The first-order valence-electron chi connectivity index (χ1n) is 15.8. The molecule has 274 valence electrons. The van der Waals surface area contributed by atoms with Gasteiger partial charge in [-0.3, -0.25) is 19.3 Å². The van der Waals surface area contributed by atoms with Gasteiger partial charge >= 0.3 is 11.4 Å². The monoisotopic (exact) mass is 882 g/mol. The highest BCUT2D eigenvalue weighted by molar-refractivity contribution is 9.10. The molecular formula is C33H30Br2Cl2N6O9. The molecule has 2 aromatic carbocycles. The van der Waals surface area contributed by atoms with Crippen LogP contribution in [0.2, 0.25) is 0 Å². The van der Waals surface area contributed by atoms with Gasteiger partial charge in [-0.05, 0) is 39.2 Å². The third-order valence-corrected chi connectivity index (χ3v) is 12.7. The van der Waals surface area contributed by atoms with E-state index >= 15 is 0 Å². The van der Waals surface area contributed by atoms with E-state index in [1.807, 2.05) is 0 Å². The maximum Gasteiger partial charge on any atom is 0.347 e. The minimum absolute atomic E-state index is 0.0590. The van der Waals surface area contributed by atoms with Crippen LogP contribution in [0.25, 0.3) is 11.0 Å². The molecule has 15 nitrogen and oxygen atoms in total. The number of alkyl halides is 3. The SMILES string of the molecule is COc1cc2nc(CCn3c(=O)n4n(c3=O)[C@@H]3C[C@@]5(Cl)C(=O)N(CBr)C(=O)[C@@]5(Cl)[C@@H](c5cc(Br)c(O)c(OC)c5)C3=CC4)c(=O)n(C)c2cc1OC. The van der Waals surface area contributed by atoms with Gasteiger partial charge in [-0.1, -0.05) is 22.0 Å². The summed E-state index contributed by atoms with van der Waals surface area (Å²) in [5.41, 5.74) is -0.0897. The van der Waals surface area contributed by atoms with Crippen LogP contribution in [0, 0.1) is 0 Å². The molecule has 4 heterocycles. The molecule has 1 N–H and O–H groups in total. The van der Waals surface area contributed by atoms with Crippen LogP contribution in [0.15, 0.2) is 54.8 Å². The standard InChI is InChI=1S/C33H30Br2Cl2N6O9/c1-39-20-12-23(51-3)22(50-2)11-19(20)38-18(27(39)45)6-7-40-30(48)42-8-5-16-21(43(42)31(40)49)13-32(36)28(46)41(14-34)29(47)33(32,37)25(16)15-9-17(35)26(44)24(10-15)52-4/h5,9-12,21,25,44H,6-8,13-14H2,1-4H3/t21-,25+,32-,33+/m1/s1. The van der Waals surface area contributed by atoms with Crippen LogP contribution in [0.4, 0.5) is 0 Å². The number of imide groups is 1. The Bertz CT molecular complexity index is 2440. The number of halogens is 4. The number of likely N-dealkylation sites (tertiary alicyclic amines) is 1. The number of hydrogen-bond acceptors (Lipinski definition) is 10. The van der Waals surface area contributed by atoms with Crippen molar-refractivity contribution in [2.75, 3.05) is 26.8 Å². The second-order valence-electron chi connectivity index (χ2n) is 12.6. The summed E-state index contributed by atoms with van der Waals surface area (Å²) in [4.78, 5) is 70.8. The zero-order chi connectivity index (χ0) is 37.6. The maximum absolute atomic E-state index is 14.3. The summed E-state index contributed by atoms with van der Waals surface area (Å²) < 4.78 is 21.2. The first-order chi connectivity index (χ1) is 24.7. The number of carbonyl (C=O) groups excluding carboxylic acids is 2. The number of aromatic nitrogens is 5. The lowest BCUT2D eigenvalue weighted by Crippen LogP contribution is -2.59. The van der Waals surface area contributed by atoms with Crippen molar-refractivity contribution in [2.24, 2.45) is 7.05 Å². The largest absolute Gasteiger partial charge is 0.503 e. The fourth-order valence-corrected chi connectivity index (χ4v) is 9.50. The number of hydrogen-bond donors (Lipinski definition) is 1. The lowest BCUT2D eigenvalue weighted by Gasteiger charge is -2.49. The molecule has 19 heteroatoms. The third kappa shape index (κ3) is 4.88. The second-order valence-corrected chi connectivity index (χ2v) is 15.2. The molecule has 1 aliphatic carbocycles. The van der Waals surface area contributed by atoms with Crippen LogP contribution < -0.4 is 31.1 Å². The Morgan fingerprint density at radius 3 is 2.29 bits per heavy atom. The molecule has 52 heavy (non-hydrogen) atoms. The number of phenols is 1. The van der Waals surface area contributed by atoms with Gasteiger partial charge < -0.3 is 23.9 Å². The number of rotatable bonds is 8. The summed E-state index contributed by atoms with van der Waals surface area (Å²) in [7, 11) is 5.90. The molecule has 0 bridgehead atoms. The van der Waals surface area contributed by atoms with E-state index in [0.29, 0.717) is 33.7 Å². The topological polar surface area (TPSA) is 169 Å². The number of carbonyl (C=O) groups is 2. The van der Waals surface area contributed by atoms with Gasteiger partial charge in [0.15, 0.2) is 32.7 Å². The summed E-state index contributed by atoms with van der Waals surface area (Å²) in [5, 5.41) is 10.6. The quantitative estimate of drug-likeness (QED) is 0.120. The van der Waals surface area contributed by atoms with E-state index in [2.05, 4.69) is 36.8 Å². The van der Waals surface area contributed by atoms with Gasteiger partial charge in [0.1, 0.15) is 5.69 Å². The summed E-state index contributed by atoms with van der Waals surface area (Å²) in [6.45, 7) is -0.274. The first-order valence-corrected chi connectivity index (χ1v) is 18.5. The van der Waals surface area contributed by atoms with Crippen LogP contribution in [0.5, 0.6) is 23.0 Å². The number of methoxy groups -OCH3 is 3. The highest BCUT2D eigenvalue weighted by Crippen LogP contribution is 2.64. The Labute approximate surface area is 321 Å². The van der Waals surface area contributed by atoms with Crippen molar-refractivity contribution < 1.29 is 28.9 Å². The third-order valence-electron chi connectivity index (χ3n) is 10.2. The van der Waals surface area contributed by atoms with Crippen LogP contribution in [-0.4, -0.2) is 81.8 Å². The molecule has 1 saturated heterocycles. The van der Waals surface area contributed by atoms with E-state index in [1.54, 1.807) is 31.3 Å². The van der Waals surface area contributed by atoms with E-state index in [1.165, 1.54) is 41.3 Å². The summed E-state index contributed by atoms with van der Waals surface area (Å²) in [5.74, 6) is -1.94. The van der Waals surface area contributed by atoms with Crippen LogP contribution >= 0.6 is 55.1 Å². The van der Waals surface area contributed by atoms with Crippen molar-refractivity contribution in [1.82, 2.24) is 28.4 Å². The molecule has 0 radical (unpaired) electrons. The van der Waals surface area contributed by atoms with Crippen LogP contribution in [0.3, 0.4) is 0 Å². The molecule has 2 amide bonds. The molecule has 2 fully saturated rings. The Morgan fingerprint density at radius 2 is 1.63 bits per heavy atom. The smallest absolute Gasteiger partial charge is 0.347 e. The zero-order valence-electron chi connectivity index (χ0n) is 28.0. The van der Waals surface area contributed by atoms with Gasteiger partial charge in [-0.15, -0.1) is 23.2 Å². The molecule has 7 rings (SSSR count). The normalized spacial score (nSPS) is 23.7. The highest BCUT2D eigenvalue weighted by atomic mass is 79.9. The molecule has 3 aliphatic rings. The predicted octanol–water partition coefficient (Wildman–Crippen LogP) is 3.14. The minimum atomic E-state index is -2.06. The van der Waals surface area contributed by atoms with Gasteiger partial charge in [0.2, 0.25) is 0 Å². The number of benzene rings is 2. The average molecular weight is 885 g/mol. The van der Waals surface area contributed by atoms with Crippen molar-refractivity contribution >= 4 is 77.9 Å². The molecular weight excluding hydrogens is 855 g/mol. The number of allylic oxidation sites excluding steroid dienone is 2. The van der Waals surface area contributed by atoms with Gasteiger partial charge in [0.25, 0.3) is 17.4 Å². The summed E-state index contributed by atoms with van der Waals surface area (Å²) in [6.07, 6.45) is 1.33. The molecule has 0 spiro atoms. The number of nitrogens with zero attached hydrogens (tertiary/aromatic N) is 6. The van der Waals surface area contributed by atoms with Crippen molar-refractivity contribution in [2.45, 2.75) is 47.6 Å². The van der Waals surface area contributed by atoms with E-state index < -0.39 is 50.5 Å². The minimum Gasteiger partial charge on any atom is -0.503 e. The molecule has 4 atom stereocenters. The molecule has 2 aliphatic heterocycles. The predicted molar refractivity (Wildman–Crippen MR) is 196 cm³/mol. The van der Waals surface area contributed by atoms with E-state index in [4.69, 9.17) is 37.4 Å². The first kappa shape index (κ1) is 36.3. The highest BCUT2D eigenvalue weighted by Gasteiger charge is 2.75. The van der Waals surface area contributed by atoms with Crippen LogP contribution in [0.1, 0.15) is 29.6 Å².